The fourth-order valence-corrected chi connectivity index (χ4v) is 3.58. The Bertz CT molecular complexity index is 604. The Balaban J connectivity index is 1.39. The number of unbranched alkanes of at least 4 members (excludes halogenated alkanes) is 1. The first-order valence-corrected chi connectivity index (χ1v) is 9.89. The summed E-state index contributed by atoms with van der Waals surface area (Å²) < 4.78 is 6.10. The Hall–Kier alpha value is -1.80. The molecule has 2 aromatic rings. The molecule has 1 aliphatic heterocycles. The highest BCUT2D eigenvalue weighted by atomic mass is 16.5. The van der Waals surface area contributed by atoms with Crippen LogP contribution in [0.15, 0.2) is 54.6 Å². The number of benzene rings is 2. The van der Waals surface area contributed by atoms with E-state index >= 15 is 0 Å². The quantitative estimate of drug-likeness (QED) is 0.589. The summed E-state index contributed by atoms with van der Waals surface area (Å²) in [5, 5.41) is 0. The van der Waals surface area contributed by atoms with Gasteiger partial charge in [0.25, 0.3) is 0 Å². The second-order valence-electron chi connectivity index (χ2n) is 7.05. The molecule has 1 fully saturated rings. The van der Waals surface area contributed by atoms with Crippen LogP contribution in [0.2, 0.25) is 0 Å². The predicted octanol–water partition coefficient (Wildman–Crippen LogP) is 5.12. The molecule has 1 saturated heterocycles. The maximum Gasteiger partial charge on any atom is 0.122 e. The lowest BCUT2D eigenvalue weighted by atomic mass is 10.0. The van der Waals surface area contributed by atoms with Crippen molar-refractivity contribution in [3.63, 3.8) is 0 Å². The Morgan fingerprint density at radius 1 is 0.760 bits per heavy atom. The smallest absolute Gasteiger partial charge is 0.122 e. The third-order valence-electron chi connectivity index (χ3n) is 5.07. The van der Waals surface area contributed by atoms with Crippen molar-refractivity contribution in [1.82, 2.24) is 4.90 Å². The molecule has 0 aromatic heterocycles. The highest BCUT2D eigenvalue weighted by Crippen LogP contribution is 2.20. The highest BCUT2D eigenvalue weighted by Gasteiger charge is 2.09. The zero-order valence-corrected chi connectivity index (χ0v) is 15.3. The molecular weight excluding hydrogens is 306 g/mol. The first-order chi connectivity index (χ1) is 12.4. The SMILES string of the molecule is c1ccc(CCc2ccccc2OCCCCN2CCCCC2)cc1. The minimum absolute atomic E-state index is 0.830. The van der Waals surface area contributed by atoms with Crippen LogP contribution in [0.25, 0.3) is 0 Å². The predicted molar refractivity (Wildman–Crippen MR) is 105 cm³/mol. The molecule has 25 heavy (non-hydrogen) atoms. The van der Waals surface area contributed by atoms with E-state index in [0.29, 0.717) is 0 Å². The molecule has 0 radical (unpaired) electrons. The zero-order valence-electron chi connectivity index (χ0n) is 15.3. The lowest BCUT2D eigenvalue weighted by Gasteiger charge is -2.26. The average Bonchev–Trinajstić information content (AvgIpc) is 2.68. The molecule has 3 rings (SSSR count). The molecule has 0 amide bonds. The lowest BCUT2D eigenvalue weighted by molar-refractivity contribution is 0.215. The number of hydrogen-bond acceptors (Lipinski definition) is 2. The molecule has 1 aliphatic rings. The van der Waals surface area contributed by atoms with Crippen LogP contribution in [0.3, 0.4) is 0 Å². The van der Waals surface area contributed by atoms with Crippen LogP contribution in [0.4, 0.5) is 0 Å². The fraction of sp³-hybridized carbons (Fsp3) is 0.478. The maximum absolute atomic E-state index is 6.10. The van der Waals surface area contributed by atoms with Crippen molar-refractivity contribution in [2.75, 3.05) is 26.2 Å². The summed E-state index contributed by atoms with van der Waals surface area (Å²) in [6.45, 7) is 4.65. The number of piperidine rings is 1. The first-order valence-electron chi connectivity index (χ1n) is 9.89. The van der Waals surface area contributed by atoms with Gasteiger partial charge < -0.3 is 9.64 Å². The van der Waals surface area contributed by atoms with E-state index < -0.39 is 0 Å². The molecule has 2 heteroatoms. The number of ether oxygens (including phenoxy) is 1. The van der Waals surface area contributed by atoms with Gasteiger partial charge in [-0.1, -0.05) is 55.0 Å². The summed E-state index contributed by atoms with van der Waals surface area (Å²) in [6, 6.07) is 19.2. The summed E-state index contributed by atoms with van der Waals surface area (Å²) in [5.41, 5.74) is 2.71. The van der Waals surface area contributed by atoms with E-state index in [9.17, 15) is 0 Å². The van der Waals surface area contributed by atoms with Crippen LogP contribution in [0.1, 0.15) is 43.2 Å². The summed E-state index contributed by atoms with van der Waals surface area (Å²) in [5.74, 6) is 1.07. The Morgan fingerprint density at radius 2 is 1.52 bits per heavy atom. The molecule has 0 aliphatic carbocycles. The van der Waals surface area contributed by atoms with Gasteiger partial charge in [-0.2, -0.15) is 0 Å². The van der Waals surface area contributed by atoms with Gasteiger partial charge in [-0.15, -0.1) is 0 Å². The van der Waals surface area contributed by atoms with Crippen LogP contribution >= 0.6 is 0 Å². The first kappa shape index (κ1) is 18.0. The Morgan fingerprint density at radius 3 is 2.36 bits per heavy atom. The molecule has 1 heterocycles. The normalized spacial score (nSPS) is 15.2. The van der Waals surface area contributed by atoms with Crippen LogP contribution in [0.5, 0.6) is 5.75 Å². The molecular formula is C23H31NO. The van der Waals surface area contributed by atoms with Crippen molar-refractivity contribution in [3.05, 3.63) is 65.7 Å². The number of aryl methyl sites for hydroxylation is 2. The molecule has 0 saturated carbocycles. The van der Waals surface area contributed by atoms with E-state index in [2.05, 4.69) is 59.5 Å². The molecule has 2 nitrogen and oxygen atoms in total. The average molecular weight is 338 g/mol. The van der Waals surface area contributed by atoms with Crippen molar-refractivity contribution in [1.29, 1.82) is 0 Å². The van der Waals surface area contributed by atoms with E-state index in [0.717, 1.165) is 31.6 Å². The van der Waals surface area contributed by atoms with Gasteiger partial charge in [0.2, 0.25) is 0 Å². The molecule has 0 atom stereocenters. The summed E-state index contributed by atoms with van der Waals surface area (Å²) in [7, 11) is 0. The van der Waals surface area contributed by atoms with Crippen molar-refractivity contribution in [2.24, 2.45) is 0 Å². The van der Waals surface area contributed by atoms with Crippen molar-refractivity contribution >= 4 is 0 Å². The van der Waals surface area contributed by atoms with Gasteiger partial charge in [0.05, 0.1) is 6.61 Å². The van der Waals surface area contributed by atoms with E-state index in [1.807, 2.05) is 0 Å². The molecule has 134 valence electrons. The number of likely N-dealkylation sites (tertiary alicyclic amines) is 1. The molecule has 0 bridgehead atoms. The number of rotatable bonds is 9. The number of para-hydroxylation sites is 1. The van der Waals surface area contributed by atoms with Gasteiger partial charge in [-0.3, -0.25) is 0 Å². The van der Waals surface area contributed by atoms with Gasteiger partial charge in [-0.05, 0) is 75.4 Å². The summed E-state index contributed by atoms with van der Waals surface area (Å²) in [4.78, 5) is 2.61. The van der Waals surface area contributed by atoms with Gasteiger partial charge in [0, 0.05) is 0 Å². The maximum atomic E-state index is 6.10. The second-order valence-corrected chi connectivity index (χ2v) is 7.05. The van der Waals surface area contributed by atoms with Gasteiger partial charge in [-0.25, -0.2) is 0 Å². The minimum Gasteiger partial charge on any atom is -0.493 e. The van der Waals surface area contributed by atoms with Gasteiger partial charge in [0.15, 0.2) is 0 Å². The minimum atomic E-state index is 0.830. The number of nitrogens with zero attached hydrogens (tertiary/aromatic N) is 1. The monoisotopic (exact) mass is 337 g/mol. The van der Waals surface area contributed by atoms with Crippen molar-refractivity contribution < 1.29 is 4.74 Å². The lowest BCUT2D eigenvalue weighted by Crippen LogP contribution is -2.30. The van der Waals surface area contributed by atoms with E-state index in [4.69, 9.17) is 4.74 Å². The summed E-state index contributed by atoms with van der Waals surface area (Å²) >= 11 is 0. The van der Waals surface area contributed by atoms with Gasteiger partial charge in [0.1, 0.15) is 5.75 Å². The molecule has 2 aromatic carbocycles. The largest absolute Gasteiger partial charge is 0.493 e. The third-order valence-corrected chi connectivity index (χ3v) is 5.07. The second kappa shape index (κ2) is 10.2. The summed E-state index contributed by atoms with van der Waals surface area (Å²) in [6.07, 6.45) is 8.66. The van der Waals surface area contributed by atoms with E-state index in [-0.39, 0.29) is 0 Å². The standard InChI is InChI=1S/C23H31NO/c1-3-11-21(12-4-1)15-16-22-13-5-6-14-23(22)25-20-10-9-19-24-17-7-2-8-18-24/h1,3-6,11-14H,2,7-10,15-20H2. The van der Waals surface area contributed by atoms with Gasteiger partial charge >= 0.3 is 0 Å². The molecule has 0 N–H and O–H groups in total. The van der Waals surface area contributed by atoms with Crippen LogP contribution in [-0.2, 0) is 12.8 Å². The fourth-order valence-electron chi connectivity index (χ4n) is 3.58. The van der Waals surface area contributed by atoms with Crippen LogP contribution < -0.4 is 4.74 Å². The third kappa shape index (κ3) is 6.21. The van der Waals surface area contributed by atoms with Crippen LogP contribution in [-0.4, -0.2) is 31.1 Å². The van der Waals surface area contributed by atoms with Crippen molar-refractivity contribution in [2.45, 2.75) is 44.9 Å². The number of hydrogen-bond donors (Lipinski definition) is 0. The van der Waals surface area contributed by atoms with E-state index in [1.165, 1.54) is 56.4 Å². The molecule has 0 spiro atoms. The van der Waals surface area contributed by atoms with Crippen molar-refractivity contribution in [3.8, 4) is 5.75 Å². The Labute approximate surface area is 152 Å². The Kier molecular flexibility index (Phi) is 7.38. The zero-order chi connectivity index (χ0) is 17.2. The van der Waals surface area contributed by atoms with E-state index in [1.54, 1.807) is 0 Å². The topological polar surface area (TPSA) is 12.5 Å². The molecule has 0 unspecified atom stereocenters. The highest BCUT2D eigenvalue weighted by molar-refractivity contribution is 5.34. The van der Waals surface area contributed by atoms with Crippen LogP contribution in [0, 0.1) is 0 Å².